The third kappa shape index (κ3) is 3.35. The van der Waals surface area contributed by atoms with Crippen molar-refractivity contribution in [3.63, 3.8) is 0 Å². The molecule has 1 aliphatic heterocycles. The van der Waals surface area contributed by atoms with Crippen molar-refractivity contribution in [3.8, 4) is 0 Å². The molecule has 0 amide bonds. The summed E-state index contributed by atoms with van der Waals surface area (Å²) < 4.78 is 5.78. The topological polar surface area (TPSA) is 32.7 Å². The molecular formula is C16H25NO2. The van der Waals surface area contributed by atoms with E-state index in [1.165, 1.54) is 5.56 Å². The third-order valence-corrected chi connectivity index (χ3v) is 3.96. The van der Waals surface area contributed by atoms with Gasteiger partial charge in [0.25, 0.3) is 0 Å². The molecule has 0 saturated carbocycles. The normalized spacial score (nSPS) is 22.7. The van der Waals surface area contributed by atoms with E-state index < -0.39 is 6.10 Å². The summed E-state index contributed by atoms with van der Waals surface area (Å²) in [7, 11) is 0. The fourth-order valence-corrected chi connectivity index (χ4v) is 2.64. The number of benzene rings is 1. The highest BCUT2D eigenvalue weighted by Crippen LogP contribution is 2.26. The first-order chi connectivity index (χ1) is 8.99. The van der Waals surface area contributed by atoms with Crippen LogP contribution < -0.4 is 0 Å². The van der Waals surface area contributed by atoms with Gasteiger partial charge < -0.3 is 9.84 Å². The summed E-state index contributed by atoms with van der Waals surface area (Å²) in [4.78, 5) is 2.36. The molecule has 0 spiro atoms. The minimum Gasteiger partial charge on any atom is -0.386 e. The van der Waals surface area contributed by atoms with Gasteiger partial charge in [-0.25, -0.2) is 0 Å². The predicted octanol–water partition coefficient (Wildman–Crippen LogP) is 2.45. The van der Waals surface area contributed by atoms with Gasteiger partial charge >= 0.3 is 0 Å². The van der Waals surface area contributed by atoms with Crippen molar-refractivity contribution in [3.05, 3.63) is 34.9 Å². The van der Waals surface area contributed by atoms with Crippen LogP contribution in [0.3, 0.4) is 0 Å². The second-order valence-corrected chi connectivity index (χ2v) is 5.80. The Morgan fingerprint density at radius 2 is 2.05 bits per heavy atom. The van der Waals surface area contributed by atoms with Gasteiger partial charge in [-0.05, 0) is 38.8 Å². The van der Waals surface area contributed by atoms with Crippen molar-refractivity contribution in [1.29, 1.82) is 0 Å². The molecule has 2 unspecified atom stereocenters. The largest absolute Gasteiger partial charge is 0.386 e. The SMILES string of the molecule is Cc1ccc(C)c(C(O)C2CN(C(C)C)CCO2)c1. The van der Waals surface area contributed by atoms with Gasteiger partial charge in [0.15, 0.2) is 0 Å². The lowest BCUT2D eigenvalue weighted by molar-refractivity contribution is -0.0963. The molecule has 1 fully saturated rings. The Labute approximate surface area is 116 Å². The van der Waals surface area contributed by atoms with E-state index >= 15 is 0 Å². The van der Waals surface area contributed by atoms with Gasteiger partial charge in [0.2, 0.25) is 0 Å². The van der Waals surface area contributed by atoms with Crippen LogP contribution in [0.1, 0.15) is 36.6 Å². The van der Waals surface area contributed by atoms with Gasteiger partial charge in [-0.1, -0.05) is 23.8 Å². The number of hydrogen-bond donors (Lipinski definition) is 1. The van der Waals surface area contributed by atoms with Crippen LogP contribution in [0.2, 0.25) is 0 Å². The fraction of sp³-hybridized carbons (Fsp3) is 0.625. The van der Waals surface area contributed by atoms with Crippen LogP contribution in [0.5, 0.6) is 0 Å². The monoisotopic (exact) mass is 263 g/mol. The van der Waals surface area contributed by atoms with Gasteiger partial charge in [-0.3, -0.25) is 4.90 Å². The summed E-state index contributed by atoms with van der Waals surface area (Å²) in [6.45, 7) is 10.9. The van der Waals surface area contributed by atoms with E-state index in [-0.39, 0.29) is 6.10 Å². The van der Waals surface area contributed by atoms with E-state index in [1.807, 2.05) is 6.92 Å². The quantitative estimate of drug-likeness (QED) is 0.909. The van der Waals surface area contributed by atoms with Gasteiger partial charge in [-0.2, -0.15) is 0 Å². The standard InChI is InChI=1S/C16H25NO2/c1-11(2)17-7-8-19-15(10-17)16(18)14-9-12(3)5-6-13(14)4/h5-6,9,11,15-16,18H,7-8,10H2,1-4H3. The number of hydrogen-bond acceptors (Lipinski definition) is 3. The molecule has 106 valence electrons. The molecule has 1 saturated heterocycles. The van der Waals surface area contributed by atoms with Crippen LogP contribution in [0.15, 0.2) is 18.2 Å². The number of aliphatic hydroxyl groups is 1. The fourth-order valence-electron chi connectivity index (χ4n) is 2.64. The molecular weight excluding hydrogens is 238 g/mol. The maximum absolute atomic E-state index is 10.6. The molecule has 0 radical (unpaired) electrons. The Hall–Kier alpha value is -0.900. The zero-order valence-electron chi connectivity index (χ0n) is 12.4. The van der Waals surface area contributed by atoms with Crippen LogP contribution in [0.25, 0.3) is 0 Å². The first-order valence-corrected chi connectivity index (χ1v) is 7.10. The molecule has 1 aromatic carbocycles. The molecule has 2 atom stereocenters. The molecule has 0 aliphatic carbocycles. The van der Waals surface area contributed by atoms with Crippen molar-refractivity contribution in [2.45, 2.75) is 45.9 Å². The Morgan fingerprint density at radius 3 is 2.74 bits per heavy atom. The highest BCUT2D eigenvalue weighted by atomic mass is 16.5. The highest BCUT2D eigenvalue weighted by Gasteiger charge is 2.29. The number of morpholine rings is 1. The van der Waals surface area contributed by atoms with Gasteiger partial charge in [0.05, 0.1) is 6.61 Å². The van der Waals surface area contributed by atoms with E-state index in [4.69, 9.17) is 4.74 Å². The second-order valence-electron chi connectivity index (χ2n) is 5.80. The highest BCUT2D eigenvalue weighted by molar-refractivity contribution is 5.32. The van der Waals surface area contributed by atoms with Crippen molar-refractivity contribution in [2.75, 3.05) is 19.7 Å². The molecule has 3 heteroatoms. The third-order valence-electron chi connectivity index (χ3n) is 3.96. The Bertz CT molecular complexity index is 431. The lowest BCUT2D eigenvalue weighted by atomic mass is 9.96. The number of aryl methyl sites for hydroxylation is 2. The Morgan fingerprint density at radius 1 is 1.32 bits per heavy atom. The van der Waals surface area contributed by atoms with Crippen molar-refractivity contribution in [2.24, 2.45) is 0 Å². The Kier molecular flexibility index (Phi) is 4.61. The first kappa shape index (κ1) is 14.5. The predicted molar refractivity (Wildman–Crippen MR) is 77.3 cm³/mol. The molecule has 1 heterocycles. The van der Waals surface area contributed by atoms with Crippen molar-refractivity contribution in [1.82, 2.24) is 4.90 Å². The molecule has 0 aromatic heterocycles. The molecule has 19 heavy (non-hydrogen) atoms. The summed E-state index contributed by atoms with van der Waals surface area (Å²) in [6.07, 6.45) is -0.668. The minimum atomic E-state index is -0.540. The van der Waals surface area contributed by atoms with E-state index in [2.05, 4.69) is 43.9 Å². The summed E-state index contributed by atoms with van der Waals surface area (Å²) in [5, 5.41) is 10.6. The smallest absolute Gasteiger partial charge is 0.107 e. The van der Waals surface area contributed by atoms with Gasteiger partial charge in [-0.15, -0.1) is 0 Å². The lowest BCUT2D eigenvalue weighted by Crippen LogP contribution is -2.47. The van der Waals surface area contributed by atoms with E-state index in [0.717, 1.165) is 24.2 Å². The molecule has 1 aromatic rings. The van der Waals surface area contributed by atoms with E-state index in [0.29, 0.717) is 12.6 Å². The number of ether oxygens (including phenoxy) is 1. The molecule has 2 rings (SSSR count). The first-order valence-electron chi connectivity index (χ1n) is 7.10. The van der Waals surface area contributed by atoms with Crippen LogP contribution >= 0.6 is 0 Å². The van der Waals surface area contributed by atoms with Crippen LogP contribution in [0, 0.1) is 13.8 Å². The van der Waals surface area contributed by atoms with Crippen LogP contribution in [0.4, 0.5) is 0 Å². The summed E-state index contributed by atoms with van der Waals surface area (Å²) in [5.41, 5.74) is 3.30. The molecule has 0 bridgehead atoms. The van der Waals surface area contributed by atoms with E-state index in [9.17, 15) is 5.11 Å². The number of rotatable bonds is 3. The average Bonchev–Trinajstić information content (AvgIpc) is 2.41. The van der Waals surface area contributed by atoms with Crippen molar-refractivity contribution >= 4 is 0 Å². The van der Waals surface area contributed by atoms with Crippen LogP contribution in [-0.4, -0.2) is 41.8 Å². The summed E-state index contributed by atoms with van der Waals surface area (Å²) in [6, 6.07) is 6.71. The van der Waals surface area contributed by atoms with Crippen molar-refractivity contribution < 1.29 is 9.84 Å². The van der Waals surface area contributed by atoms with Gasteiger partial charge in [0, 0.05) is 19.1 Å². The Balaban J connectivity index is 2.14. The lowest BCUT2D eigenvalue weighted by Gasteiger charge is -2.37. The zero-order valence-corrected chi connectivity index (χ0v) is 12.4. The maximum Gasteiger partial charge on any atom is 0.107 e. The number of nitrogens with zero attached hydrogens (tertiary/aromatic N) is 1. The van der Waals surface area contributed by atoms with Crippen LogP contribution in [-0.2, 0) is 4.74 Å². The zero-order chi connectivity index (χ0) is 14.0. The summed E-state index contributed by atoms with van der Waals surface area (Å²) >= 11 is 0. The number of aliphatic hydroxyl groups excluding tert-OH is 1. The van der Waals surface area contributed by atoms with Gasteiger partial charge in [0.1, 0.15) is 12.2 Å². The minimum absolute atomic E-state index is 0.128. The second kappa shape index (κ2) is 6.04. The molecule has 3 nitrogen and oxygen atoms in total. The molecule has 1 N–H and O–H groups in total. The van der Waals surface area contributed by atoms with E-state index in [1.54, 1.807) is 0 Å². The summed E-state index contributed by atoms with van der Waals surface area (Å²) in [5.74, 6) is 0. The molecule has 1 aliphatic rings. The maximum atomic E-state index is 10.6. The average molecular weight is 263 g/mol.